The lowest BCUT2D eigenvalue weighted by atomic mass is 10.1. The summed E-state index contributed by atoms with van der Waals surface area (Å²) in [6.45, 7) is 2.54. The number of hydrogen-bond donors (Lipinski definition) is 1. The van der Waals surface area contributed by atoms with Gasteiger partial charge >= 0.3 is 0 Å². The fraction of sp³-hybridized carbons (Fsp3) is 0.278. The van der Waals surface area contributed by atoms with Crippen molar-refractivity contribution in [2.45, 2.75) is 29.9 Å². The summed E-state index contributed by atoms with van der Waals surface area (Å²) >= 11 is 5.76. The average molecular weight is 402 g/mol. The number of carbonyl (C=O) groups is 1. The average Bonchev–Trinajstić information content (AvgIpc) is 2.58. The van der Waals surface area contributed by atoms with Crippen molar-refractivity contribution in [3.63, 3.8) is 0 Å². The van der Waals surface area contributed by atoms with Crippen LogP contribution in [0.25, 0.3) is 0 Å². The minimum absolute atomic E-state index is 0.0290. The summed E-state index contributed by atoms with van der Waals surface area (Å²) in [6.07, 6.45) is 0.0341. The van der Waals surface area contributed by atoms with Gasteiger partial charge in [0.25, 0.3) is 0 Å². The fourth-order valence-corrected chi connectivity index (χ4v) is 3.81. The molecular weight excluding hydrogens is 384 g/mol. The first-order chi connectivity index (χ1) is 12.1. The van der Waals surface area contributed by atoms with E-state index in [0.717, 1.165) is 18.2 Å². The summed E-state index contributed by atoms with van der Waals surface area (Å²) < 4.78 is 50.4. The summed E-state index contributed by atoms with van der Waals surface area (Å²) in [4.78, 5) is 12.4. The molecule has 0 saturated carbocycles. The van der Waals surface area contributed by atoms with E-state index in [1.165, 1.54) is 38.1 Å². The van der Waals surface area contributed by atoms with Crippen molar-refractivity contribution in [2.24, 2.45) is 0 Å². The largest absolute Gasteiger partial charge is 0.354 e. The lowest BCUT2D eigenvalue weighted by Crippen LogP contribution is -2.48. The highest BCUT2D eigenvalue weighted by Crippen LogP contribution is 2.26. The molecule has 0 aromatic heterocycles. The second kappa shape index (κ2) is 7.72. The summed E-state index contributed by atoms with van der Waals surface area (Å²) in [5.74, 6) is -1.91. The highest BCUT2D eigenvalue weighted by Gasteiger charge is 2.42. The maximum Gasteiger partial charge on any atom is 0.241 e. The molecular formula is C18H18ClF2NO3S. The molecule has 0 atom stereocenters. The first-order valence-corrected chi connectivity index (χ1v) is 9.64. The summed E-state index contributed by atoms with van der Waals surface area (Å²) in [5, 5.41) is 2.85. The van der Waals surface area contributed by atoms with Crippen molar-refractivity contribution in [3.8, 4) is 0 Å². The number of sulfone groups is 1. The molecule has 0 aliphatic heterocycles. The Morgan fingerprint density at radius 1 is 1.12 bits per heavy atom. The Kier molecular flexibility index (Phi) is 6.03. The van der Waals surface area contributed by atoms with E-state index in [0.29, 0.717) is 5.02 Å². The van der Waals surface area contributed by atoms with Gasteiger partial charge in [0.05, 0.1) is 4.90 Å². The third kappa shape index (κ3) is 4.22. The molecule has 2 aromatic rings. The third-order valence-electron chi connectivity index (χ3n) is 4.03. The van der Waals surface area contributed by atoms with Crippen LogP contribution in [0.3, 0.4) is 0 Å². The molecule has 2 aromatic carbocycles. The molecule has 0 bridgehead atoms. The summed E-state index contributed by atoms with van der Waals surface area (Å²) in [6, 6.07) is 8.55. The zero-order valence-electron chi connectivity index (χ0n) is 14.2. The van der Waals surface area contributed by atoms with Gasteiger partial charge in [0.2, 0.25) is 5.91 Å². The van der Waals surface area contributed by atoms with Gasteiger partial charge in [0.15, 0.2) is 9.84 Å². The second-order valence-corrected chi connectivity index (χ2v) is 9.14. The SMILES string of the molecule is CC(C)(C(=O)NCCc1cc(F)ccc1F)S(=O)(=O)c1ccc(Cl)cc1. The van der Waals surface area contributed by atoms with Crippen LogP contribution in [0.2, 0.25) is 5.02 Å². The van der Waals surface area contributed by atoms with E-state index >= 15 is 0 Å². The van der Waals surface area contributed by atoms with E-state index in [2.05, 4.69) is 5.32 Å². The van der Waals surface area contributed by atoms with Crippen LogP contribution in [0, 0.1) is 11.6 Å². The first-order valence-electron chi connectivity index (χ1n) is 7.78. The van der Waals surface area contributed by atoms with Gasteiger partial charge in [-0.2, -0.15) is 0 Å². The molecule has 0 fully saturated rings. The van der Waals surface area contributed by atoms with E-state index in [9.17, 15) is 22.0 Å². The molecule has 0 spiro atoms. The molecule has 0 heterocycles. The minimum Gasteiger partial charge on any atom is -0.354 e. The van der Waals surface area contributed by atoms with Gasteiger partial charge in [-0.3, -0.25) is 4.79 Å². The van der Waals surface area contributed by atoms with E-state index in [1.54, 1.807) is 0 Å². The predicted molar refractivity (Wildman–Crippen MR) is 95.8 cm³/mol. The van der Waals surface area contributed by atoms with Crippen molar-refractivity contribution in [1.82, 2.24) is 5.32 Å². The Morgan fingerprint density at radius 2 is 1.73 bits per heavy atom. The van der Waals surface area contributed by atoms with Gasteiger partial charge in [-0.25, -0.2) is 17.2 Å². The number of carbonyl (C=O) groups excluding carboxylic acids is 1. The van der Waals surface area contributed by atoms with Crippen LogP contribution in [-0.4, -0.2) is 25.6 Å². The van der Waals surface area contributed by atoms with Crippen molar-refractivity contribution < 1.29 is 22.0 Å². The zero-order chi connectivity index (χ0) is 19.5. The van der Waals surface area contributed by atoms with Crippen molar-refractivity contribution in [3.05, 3.63) is 64.7 Å². The molecule has 140 valence electrons. The maximum absolute atomic E-state index is 13.6. The third-order valence-corrected chi connectivity index (χ3v) is 6.70. The van der Waals surface area contributed by atoms with Gasteiger partial charge in [-0.1, -0.05) is 11.6 Å². The van der Waals surface area contributed by atoms with Crippen LogP contribution in [-0.2, 0) is 21.1 Å². The fourth-order valence-electron chi connectivity index (χ4n) is 2.29. The van der Waals surface area contributed by atoms with Crippen LogP contribution in [0.15, 0.2) is 47.4 Å². The number of halogens is 3. The van der Waals surface area contributed by atoms with Crippen molar-refractivity contribution in [1.29, 1.82) is 0 Å². The Labute approximate surface area is 156 Å². The van der Waals surface area contributed by atoms with Gasteiger partial charge in [-0.05, 0) is 68.3 Å². The standard InChI is InChI=1S/C18H18ClF2NO3S/c1-18(2,26(24,25)15-6-3-13(19)4-7-15)17(23)22-10-9-12-11-14(20)5-8-16(12)21/h3-8,11H,9-10H2,1-2H3,(H,22,23). The smallest absolute Gasteiger partial charge is 0.241 e. The van der Waals surface area contributed by atoms with E-state index in [-0.39, 0.29) is 23.4 Å². The molecule has 26 heavy (non-hydrogen) atoms. The molecule has 0 saturated heterocycles. The molecule has 4 nitrogen and oxygen atoms in total. The molecule has 2 rings (SSSR count). The number of nitrogens with one attached hydrogen (secondary N) is 1. The number of hydrogen-bond acceptors (Lipinski definition) is 3. The Morgan fingerprint density at radius 3 is 2.35 bits per heavy atom. The highest BCUT2D eigenvalue weighted by atomic mass is 35.5. The van der Waals surface area contributed by atoms with E-state index in [1.807, 2.05) is 0 Å². The van der Waals surface area contributed by atoms with Crippen LogP contribution < -0.4 is 5.32 Å². The van der Waals surface area contributed by atoms with Gasteiger partial charge in [-0.15, -0.1) is 0 Å². The van der Waals surface area contributed by atoms with Gasteiger partial charge in [0, 0.05) is 11.6 Å². The summed E-state index contributed by atoms with van der Waals surface area (Å²) in [5.41, 5.74) is 0.101. The quantitative estimate of drug-likeness (QED) is 0.805. The lowest BCUT2D eigenvalue weighted by molar-refractivity contribution is -0.122. The monoisotopic (exact) mass is 401 g/mol. The number of rotatable bonds is 6. The normalized spacial score (nSPS) is 12.0. The van der Waals surface area contributed by atoms with Crippen LogP contribution in [0.5, 0.6) is 0 Å². The highest BCUT2D eigenvalue weighted by molar-refractivity contribution is 7.93. The molecule has 0 radical (unpaired) electrons. The topological polar surface area (TPSA) is 63.2 Å². The molecule has 1 amide bonds. The van der Waals surface area contributed by atoms with Crippen LogP contribution in [0.1, 0.15) is 19.4 Å². The second-order valence-electron chi connectivity index (χ2n) is 6.21. The molecule has 0 aliphatic rings. The number of benzene rings is 2. The first kappa shape index (κ1) is 20.3. The minimum atomic E-state index is -3.97. The zero-order valence-corrected chi connectivity index (χ0v) is 15.8. The lowest BCUT2D eigenvalue weighted by Gasteiger charge is -2.24. The molecule has 0 aliphatic carbocycles. The Balaban J connectivity index is 2.09. The van der Waals surface area contributed by atoms with Crippen LogP contribution >= 0.6 is 11.6 Å². The molecule has 0 unspecified atom stereocenters. The van der Waals surface area contributed by atoms with Gasteiger partial charge < -0.3 is 5.32 Å². The summed E-state index contributed by atoms with van der Waals surface area (Å²) in [7, 11) is -3.97. The molecule has 1 N–H and O–H groups in total. The maximum atomic E-state index is 13.6. The Bertz CT molecular complexity index is 913. The van der Waals surface area contributed by atoms with E-state index in [4.69, 9.17) is 11.6 Å². The number of amides is 1. The van der Waals surface area contributed by atoms with Crippen molar-refractivity contribution >= 4 is 27.3 Å². The van der Waals surface area contributed by atoms with Crippen molar-refractivity contribution in [2.75, 3.05) is 6.54 Å². The Hall–Kier alpha value is -1.99. The predicted octanol–water partition coefficient (Wildman–Crippen LogP) is 3.53. The van der Waals surface area contributed by atoms with E-state index < -0.39 is 32.1 Å². The van der Waals surface area contributed by atoms with Gasteiger partial charge in [0.1, 0.15) is 16.4 Å². The van der Waals surface area contributed by atoms with Crippen LogP contribution in [0.4, 0.5) is 8.78 Å². The molecule has 8 heteroatoms.